The molecule has 0 bridgehead atoms. The van der Waals surface area contributed by atoms with E-state index in [1.807, 2.05) is 24.1 Å². The van der Waals surface area contributed by atoms with E-state index in [0.29, 0.717) is 18.3 Å². The van der Waals surface area contributed by atoms with E-state index >= 15 is 0 Å². The Morgan fingerprint density at radius 1 is 1.30 bits per heavy atom. The largest absolute Gasteiger partial charge is 0.337 e. The zero-order valence-electron chi connectivity index (χ0n) is 11.7. The number of rotatable bonds is 3. The predicted octanol–water partition coefficient (Wildman–Crippen LogP) is 2.79. The highest BCUT2D eigenvalue weighted by Gasteiger charge is 2.23. The van der Waals surface area contributed by atoms with Gasteiger partial charge in [0.05, 0.1) is 5.69 Å². The van der Waals surface area contributed by atoms with Crippen molar-refractivity contribution in [1.29, 1.82) is 0 Å². The molecule has 1 amide bonds. The summed E-state index contributed by atoms with van der Waals surface area (Å²) in [4.78, 5) is 18.5. The van der Waals surface area contributed by atoms with Gasteiger partial charge in [0.25, 0.3) is 5.91 Å². The van der Waals surface area contributed by atoms with Crippen LogP contribution >= 0.6 is 24.8 Å². The van der Waals surface area contributed by atoms with Crippen LogP contribution in [0.4, 0.5) is 0 Å². The third kappa shape index (κ3) is 4.62. The number of amides is 1. The number of hydrogen-bond donors (Lipinski definition) is 1. The minimum Gasteiger partial charge on any atom is -0.337 e. The van der Waals surface area contributed by atoms with E-state index in [1.54, 1.807) is 6.07 Å². The lowest BCUT2D eigenvalue weighted by Crippen LogP contribution is -2.38. The van der Waals surface area contributed by atoms with Crippen LogP contribution < -0.4 is 5.73 Å². The first-order chi connectivity index (χ1) is 8.72. The van der Waals surface area contributed by atoms with Crippen molar-refractivity contribution in [3.05, 3.63) is 29.6 Å². The van der Waals surface area contributed by atoms with E-state index in [9.17, 15) is 4.79 Å². The third-order valence-corrected chi connectivity index (χ3v) is 3.68. The number of carbonyl (C=O) groups excluding carboxylic acids is 1. The number of carbonyl (C=O) groups is 1. The molecular weight excluding hydrogens is 297 g/mol. The topological polar surface area (TPSA) is 59.2 Å². The zero-order chi connectivity index (χ0) is 13.0. The molecule has 1 aromatic rings. The fraction of sp³-hybridized carbons (Fsp3) is 0.571. The average molecular weight is 320 g/mol. The van der Waals surface area contributed by atoms with E-state index in [0.717, 1.165) is 18.5 Å². The Bertz CT molecular complexity index is 423. The Hall–Kier alpha value is -0.840. The summed E-state index contributed by atoms with van der Waals surface area (Å²) in [5.41, 5.74) is 6.82. The number of pyridine rings is 1. The number of nitrogens with two attached hydrogens (primary N) is 1. The molecule has 0 unspecified atom stereocenters. The van der Waals surface area contributed by atoms with Crippen molar-refractivity contribution in [2.45, 2.75) is 44.7 Å². The van der Waals surface area contributed by atoms with Crippen molar-refractivity contribution in [2.75, 3.05) is 7.05 Å². The lowest BCUT2D eigenvalue weighted by atomic mass is 9.94. The van der Waals surface area contributed by atoms with Gasteiger partial charge in [-0.15, -0.1) is 24.8 Å². The summed E-state index contributed by atoms with van der Waals surface area (Å²) < 4.78 is 0. The zero-order valence-corrected chi connectivity index (χ0v) is 13.4. The first-order valence-electron chi connectivity index (χ1n) is 6.65. The van der Waals surface area contributed by atoms with Gasteiger partial charge < -0.3 is 10.6 Å². The van der Waals surface area contributed by atoms with Gasteiger partial charge >= 0.3 is 0 Å². The molecule has 0 aromatic carbocycles. The van der Waals surface area contributed by atoms with Gasteiger partial charge in [-0.1, -0.05) is 25.3 Å². The highest BCUT2D eigenvalue weighted by Crippen LogP contribution is 2.22. The first-order valence-corrected chi connectivity index (χ1v) is 6.65. The summed E-state index contributed by atoms with van der Waals surface area (Å²) in [5.74, 6) is 0.0113. The lowest BCUT2D eigenvalue weighted by molar-refractivity contribution is 0.0690. The summed E-state index contributed by atoms with van der Waals surface area (Å²) in [5, 5.41) is 0. The molecule has 0 radical (unpaired) electrons. The van der Waals surface area contributed by atoms with Crippen LogP contribution in [0, 0.1) is 0 Å². The molecule has 1 aliphatic carbocycles. The number of aromatic nitrogens is 1. The molecule has 0 saturated heterocycles. The molecule has 2 N–H and O–H groups in total. The van der Waals surface area contributed by atoms with Crippen molar-refractivity contribution in [3.8, 4) is 0 Å². The maximum atomic E-state index is 12.3. The van der Waals surface area contributed by atoms with Crippen LogP contribution in [0.5, 0.6) is 0 Å². The Morgan fingerprint density at radius 2 is 1.95 bits per heavy atom. The van der Waals surface area contributed by atoms with Crippen LogP contribution in [-0.4, -0.2) is 28.9 Å². The summed E-state index contributed by atoms with van der Waals surface area (Å²) in [6.07, 6.45) is 5.95. The molecule has 0 atom stereocenters. The fourth-order valence-electron chi connectivity index (χ4n) is 2.53. The standard InChI is InChI=1S/C14H21N3O.2ClH/c1-17(12-7-3-2-4-8-12)14(18)13-9-5-6-11(10-15)16-13;;/h5-6,9,12H,2-4,7-8,10,15H2,1H3;2*1H. The van der Waals surface area contributed by atoms with Crippen molar-refractivity contribution in [3.63, 3.8) is 0 Å². The number of hydrogen-bond acceptors (Lipinski definition) is 3. The molecule has 0 spiro atoms. The Labute approximate surface area is 132 Å². The second-order valence-corrected chi connectivity index (χ2v) is 4.93. The average Bonchev–Trinajstić information content (AvgIpc) is 2.46. The molecule has 4 nitrogen and oxygen atoms in total. The van der Waals surface area contributed by atoms with E-state index < -0.39 is 0 Å². The summed E-state index contributed by atoms with van der Waals surface area (Å²) in [6, 6.07) is 5.82. The van der Waals surface area contributed by atoms with Gasteiger partial charge in [0.1, 0.15) is 5.69 Å². The van der Waals surface area contributed by atoms with Gasteiger partial charge in [-0.25, -0.2) is 4.98 Å². The second kappa shape index (κ2) is 9.16. The summed E-state index contributed by atoms with van der Waals surface area (Å²) in [6.45, 7) is 0.369. The minimum absolute atomic E-state index is 0. The highest BCUT2D eigenvalue weighted by molar-refractivity contribution is 5.92. The first kappa shape index (κ1) is 19.2. The molecule has 1 heterocycles. The maximum Gasteiger partial charge on any atom is 0.272 e. The van der Waals surface area contributed by atoms with Crippen LogP contribution in [0.1, 0.15) is 48.3 Å². The maximum absolute atomic E-state index is 12.3. The second-order valence-electron chi connectivity index (χ2n) is 4.93. The molecule has 1 aliphatic rings. The van der Waals surface area contributed by atoms with E-state index in [2.05, 4.69) is 4.98 Å². The van der Waals surface area contributed by atoms with Gasteiger partial charge in [0.15, 0.2) is 0 Å². The van der Waals surface area contributed by atoms with E-state index in [4.69, 9.17) is 5.73 Å². The lowest BCUT2D eigenvalue weighted by Gasteiger charge is -2.31. The van der Waals surface area contributed by atoms with Crippen LogP contribution in [0.15, 0.2) is 18.2 Å². The summed E-state index contributed by atoms with van der Waals surface area (Å²) in [7, 11) is 1.88. The van der Waals surface area contributed by atoms with E-state index in [-0.39, 0.29) is 30.7 Å². The molecule has 0 aliphatic heterocycles. The molecular formula is C14H23Cl2N3O. The molecule has 1 fully saturated rings. The molecule has 1 saturated carbocycles. The van der Waals surface area contributed by atoms with Crippen molar-refractivity contribution in [1.82, 2.24) is 9.88 Å². The van der Waals surface area contributed by atoms with Gasteiger partial charge in [-0.3, -0.25) is 4.79 Å². The van der Waals surface area contributed by atoms with Crippen LogP contribution in [0.3, 0.4) is 0 Å². The minimum atomic E-state index is 0. The Kier molecular flexibility index (Phi) is 8.78. The summed E-state index contributed by atoms with van der Waals surface area (Å²) >= 11 is 0. The molecule has 2 rings (SSSR count). The highest BCUT2D eigenvalue weighted by atomic mass is 35.5. The van der Waals surface area contributed by atoms with Gasteiger partial charge in [0, 0.05) is 19.6 Å². The van der Waals surface area contributed by atoms with Crippen molar-refractivity contribution >= 4 is 30.7 Å². The number of halogens is 2. The van der Waals surface area contributed by atoms with Crippen LogP contribution in [0.2, 0.25) is 0 Å². The van der Waals surface area contributed by atoms with Gasteiger partial charge in [0.2, 0.25) is 0 Å². The SMILES string of the molecule is CN(C(=O)c1cccc(CN)n1)C1CCCCC1.Cl.Cl. The smallest absolute Gasteiger partial charge is 0.272 e. The predicted molar refractivity (Wildman–Crippen MR) is 85.6 cm³/mol. The molecule has 6 heteroatoms. The Morgan fingerprint density at radius 3 is 2.55 bits per heavy atom. The monoisotopic (exact) mass is 319 g/mol. The fourth-order valence-corrected chi connectivity index (χ4v) is 2.53. The van der Waals surface area contributed by atoms with Crippen molar-refractivity contribution < 1.29 is 4.79 Å². The van der Waals surface area contributed by atoms with Crippen LogP contribution in [-0.2, 0) is 6.54 Å². The molecule has 1 aromatic heterocycles. The Balaban J connectivity index is 0.00000180. The normalized spacial score (nSPS) is 14.9. The number of nitrogens with zero attached hydrogens (tertiary/aromatic N) is 2. The molecule has 20 heavy (non-hydrogen) atoms. The molecule has 114 valence electrons. The van der Waals surface area contributed by atoms with Crippen molar-refractivity contribution in [2.24, 2.45) is 5.73 Å². The van der Waals surface area contributed by atoms with Gasteiger partial charge in [-0.05, 0) is 25.0 Å². The van der Waals surface area contributed by atoms with Gasteiger partial charge in [-0.2, -0.15) is 0 Å². The quantitative estimate of drug-likeness (QED) is 0.931. The van der Waals surface area contributed by atoms with Crippen LogP contribution in [0.25, 0.3) is 0 Å². The third-order valence-electron chi connectivity index (χ3n) is 3.68. The van der Waals surface area contributed by atoms with E-state index in [1.165, 1.54) is 19.3 Å².